The van der Waals surface area contributed by atoms with Gasteiger partial charge in [-0.25, -0.2) is 4.98 Å². The van der Waals surface area contributed by atoms with Gasteiger partial charge in [0, 0.05) is 44.7 Å². The molecule has 1 aliphatic heterocycles. The summed E-state index contributed by atoms with van der Waals surface area (Å²) in [6.45, 7) is 4.49. The molecular formula is C16H23N7O. The van der Waals surface area contributed by atoms with E-state index in [-0.39, 0.29) is 17.9 Å². The number of likely N-dealkylation sites (tertiary alicyclic amines) is 1. The molecule has 0 spiro atoms. The molecule has 0 aliphatic carbocycles. The molecule has 24 heavy (non-hydrogen) atoms. The molecule has 0 unspecified atom stereocenters. The molecule has 8 nitrogen and oxygen atoms in total. The number of carbonyl (C=O) groups is 1. The normalized spacial score (nSPS) is 21.2. The number of carbonyl (C=O) groups excluding carboxylic acids is 1. The highest BCUT2D eigenvalue weighted by Gasteiger charge is 2.35. The van der Waals surface area contributed by atoms with E-state index in [9.17, 15) is 4.79 Å². The first-order chi connectivity index (χ1) is 11.5. The van der Waals surface area contributed by atoms with Gasteiger partial charge in [0.05, 0.1) is 23.6 Å². The van der Waals surface area contributed by atoms with Crippen LogP contribution in [0.25, 0.3) is 0 Å². The van der Waals surface area contributed by atoms with Crippen LogP contribution >= 0.6 is 0 Å². The second-order valence-electron chi connectivity index (χ2n) is 6.38. The Bertz CT molecular complexity index is 742. The molecule has 0 saturated carbocycles. The summed E-state index contributed by atoms with van der Waals surface area (Å²) in [5, 5.41) is 15.7. The van der Waals surface area contributed by atoms with Crippen LogP contribution in [-0.4, -0.2) is 49.4 Å². The van der Waals surface area contributed by atoms with E-state index in [1.165, 1.54) is 0 Å². The second kappa shape index (κ2) is 6.54. The summed E-state index contributed by atoms with van der Waals surface area (Å²) in [7, 11) is 3.75. The lowest BCUT2D eigenvalue weighted by Gasteiger charge is -2.38. The van der Waals surface area contributed by atoms with Gasteiger partial charge in [0.15, 0.2) is 0 Å². The Hall–Kier alpha value is -2.51. The SMILES string of the molecule is Cc1nnc(NC[C@H]2CCC(=O)N(C)[C@@H]2c2cnn(C)c2)nc1C. The molecule has 0 radical (unpaired) electrons. The number of nitrogens with zero attached hydrogens (tertiary/aromatic N) is 6. The number of anilines is 1. The minimum Gasteiger partial charge on any atom is -0.353 e. The lowest BCUT2D eigenvalue weighted by Crippen LogP contribution is -2.42. The Morgan fingerprint density at radius 2 is 2.04 bits per heavy atom. The van der Waals surface area contributed by atoms with Crippen molar-refractivity contribution in [2.24, 2.45) is 13.0 Å². The number of piperidine rings is 1. The van der Waals surface area contributed by atoms with Gasteiger partial charge in [-0.15, -0.1) is 5.10 Å². The first-order valence-corrected chi connectivity index (χ1v) is 8.11. The van der Waals surface area contributed by atoms with E-state index in [0.29, 0.717) is 18.9 Å². The second-order valence-corrected chi connectivity index (χ2v) is 6.38. The number of hydrogen-bond acceptors (Lipinski definition) is 6. The van der Waals surface area contributed by atoms with Crippen LogP contribution in [0.4, 0.5) is 5.95 Å². The van der Waals surface area contributed by atoms with E-state index in [1.54, 1.807) is 4.68 Å². The van der Waals surface area contributed by atoms with Gasteiger partial charge in [0.1, 0.15) is 0 Å². The third-order valence-corrected chi connectivity index (χ3v) is 4.67. The van der Waals surface area contributed by atoms with Crippen LogP contribution in [0.2, 0.25) is 0 Å². The van der Waals surface area contributed by atoms with Gasteiger partial charge >= 0.3 is 0 Å². The van der Waals surface area contributed by atoms with Crippen molar-refractivity contribution in [2.45, 2.75) is 32.7 Å². The third kappa shape index (κ3) is 3.22. The monoisotopic (exact) mass is 329 g/mol. The quantitative estimate of drug-likeness (QED) is 0.908. The van der Waals surface area contributed by atoms with Crippen molar-refractivity contribution >= 4 is 11.9 Å². The highest BCUT2D eigenvalue weighted by atomic mass is 16.2. The fraction of sp³-hybridized carbons (Fsp3) is 0.562. The zero-order valence-electron chi connectivity index (χ0n) is 14.5. The summed E-state index contributed by atoms with van der Waals surface area (Å²) >= 11 is 0. The van der Waals surface area contributed by atoms with Crippen LogP contribution in [0.1, 0.15) is 35.8 Å². The lowest BCUT2D eigenvalue weighted by molar-refractivity contribution is -0.136. The molecule has 8 heteroatoms. The molecule has 0 bridgehead atoms. The first kappa shape index (κ1) is 16.4. The lowest BCUT2D eigenvalue weighted by atomic mass is 9.86. The van der Waals surface area contributed by atoms with Crippen molar-refractivity contribution in [2.75, 3.05) is 18.9 Å². The van der Waals surface area contributed by atoms with Gasteiger partial charge in [0.2, 0.25) is 11.9 Å². The van der Waals surface area contributed by atoms with Crippen molar-refractivity contribution in [1.29, 1.82) is 0 Å². The Morgan fingerprint density at radius 3 is 2.71 bits per heavy atom. The van der Waals surface area contributed by atoms with Crippen LogP contribution in [-0.2, 0) is 11.8 Å². The molecule has 2 aromatic rings. The van der Waals surface area contributed by atoms with Gasteiger partial charge in [-0.2, -0.15) is 10.2 Å². The first-order valence-electron chi connectivity index (χ1n) is 8.11. The number of aryl methyl sites for hydroxylation is 3. The van der Waals surface area contributed by atoms with Crippen LogP contribution in [0, 0.1) is 19.8 Å². The predicted octanol–water partition coefficient (Wildman–Crippen LogP) is 1.24. The zero-order valence-corrected chi connectivity index (χ0v) is 14.5. The number of aromatic nitrogens is 5. The minimum atomic E-state index is 0.00644. The smallest absolute Gasteiger partial charge is 0.242 e. The Morgan fingerprint density at radius 1 is 1.25 bits per heavy atom. The van der Waals surface area contributed by atoms with Crippen molar-refractivity contribution in [1.82, 2.24) is 29.9 Å². The summed E-state index contributed by atoms with van der Waals surface area (Å²) in [5.41, 5.74) is 2.75. The van der Waals surface area contributed by atoms with Crippen molar-refractivity contribution in [3.05, 3.63) is 29.3 Å². The number of nitrogens with one attached hydrogen (secondary N) is 1. The third-order valence-electron chi connectivity index (χ3n) is 4.67. The maximum Gasteiger partial charge on any atom is 0.242 e. The fourth-order valence-corrected chi connectivity index (χ4v) is 3.17. The Kier molecular flexibility index (Phi) is 4.46. The molecular weight excluding hydrogens is 306 g/mol. The maximum atomic E-state index is 12.1. The van der Waals surface area contributed by atoms with Crippen molar-refractivity contribution < 1.29 is 4.79 Å². The van der Waals surface area contributed by atoms with Crippen LogP contribution in [0.5, 0.6) is 0 Å². The Labute approximate surface area is 141 Å². The topological polar surface area (TPSA) is 88.8 Å². The maximum absolute atomic E-state index is 12.1. The predicted molar refractivity (Wildman–Crippen MR) is 89.2 cm³/mol. The van der Waals surface area contributed by atoms with Gasteiger partial charge in [-0.05, 0) is 20.3 Å². The molecule has 128 valence electrons. The molecule has 3 heterocycles. The summed E-state index contributed by atoms with van der Waals surface area (Å²) in [6, 6.07) is 0.00644. The fourth-order valence-electron chi connectivity index (χ4n) is 3.17. The van der Waals surface area contributed by atoms with E-state index >= 15 is 0 Å². The van der Waals surface area contributed by atoms with E-state index in [1.807, 2.05) is 45.2 Å². The largest absolute Gasteiger partial charge is 0.353 e. The summed E-state index contributed by atoms with van der Waals surface area (Å²) in [4.78, 5) is 18.4. The van der Waals surface area contributed by atoms with Crippen LogP contribution in [0.15, 0.2) is 12.4 Å². The van der Waals surface area contributed by atoms with Crippen LogP contribution < -0.4 is 5.32 Å². The molecule has 2 aromatic heterocycles. The molecule has 2 atom stereocenters. The number of rotatable bonds is 4. The number of amides is 1. The summed E-state index contributed by atoms with van der Waals surface area (Å²) in [6.07, 6.45) is 5.20. The van der Waals surface area contributed by atoms with Gasteiger partial charge in [-0.3, -0.25) is 9.48 Å². The van der Waals surface area contributed by atoms with E-state index in [4.69, 9.17) is 0 Å². The van der Waals surface area contributed by atoms with Crippen molar-refractivity contribution in [3.8, 4) is 0 Å². The minimum absolute atomic E-state index is 0.00644. The average Bonchev–Trinajstić information content (AvgIpc) is 2.97. The molecule has 0 aromatic carbocycles. The highest BCUT2D eigenvalue weighted by Crippen LogP contribution is 2.35. The molecule has 1 fully saturated rings. The highest BCUT2D eigenvalue weighted by molar-refractivity contribution is 5.77. The van der Waals surface area contributed by atoms with E-state index in [0.717, 1.165) is 23.4 Å². The molecule has 1 N–H and O–H groups in total. The molecule has 3 rings (SSSR count). The molecule has 1 saturated heterocycles. The zero-order chi connectivity index (χ0) is 17.3. The summed E-state index contributed by atoms with van der Waals surface area (Å²) < 4.78 is 1.77. The molecule has 1 amide bonds. The van der Waals surface area contributed by atoms with Crippen molar-refractivity contribution in [3.63, 3.8) is 0 Å². The number of hydrogen-bond donors (Lipinski definition) is 1. The van der Waals surface area contributed by atoms with Crippen LogP contribution in [0.3, 0.4) is 0 Å². The van der Waals surface area contributed by atoms with Gasteiger partial charge < -0.3 is 10.2 Å². The van der Waals surface area contributed by atoms with Gasteiger partial charge in [0.25, 0.3) is 0 Å². The van der Waals surface area contributed by atoms with E-state index < -0.39 is 0 Å². The van der Waals surface area contributed by atoms with E-state index in [2.05, 4.69) is 25.6 Å². The standard InChI is InChI=1S/C16H23N7O/c1-10-11(2)20-21-16(19-10)17-7-12-5-6-14(24)23(4)15(12)13-8-18-22(3)9-13/h8-9,12,15H,5-7H2,1-4H3,(H,17,19,21)/t12-,15+/m1/s1. The Balaban J connectivity index is 1.76. The van der Waals surface area contributed by atoms with Gasteiger partial charge in [-0.1, -0.05) is 0 Å². The average molecular weight is 329 g/mol. The summed E-state index contributed by atoms with van der Waals surface area (Å²) in [5.74, 6) is 0.967. The molecule has 1 aliphatic rings.